The Bertz CT molecular complexity index is 956. The summed E-state index contributed by atoms with van der Waals surface area (Å²) in [5.74, 6) is 0.101. The summed E-state index contributed by atoms with van der Waals surface area (Å²) < 4.78 is 25.6. The molecule has 0 bridgehead atoms. The Hall–Kier alpha value is -1.38. The van der Waals surface area contributed by atoms with Crippen molar-refractivity contribution in [1.82, 2.24) is 15.5 Å². The SMILES string of the molecule is CC(C)CCC[C@H](CC1CCCCC1)NC(=O)CCNC(=O)[C@H](CC1=CC=C(Cl)CC1)CS(=O)(=O)CCN(C)C. The fourth-order valence-corrected chi connectivity index (χ4v) is 7.52. The second kappa shape index (κ2) is 18.2. The molecule has 2 rings (SSSR count). The van der Waals surface area contributed by atoms with Crippen LogP contribution >= 0.6 is 11.6 Å². The summed E-state index contributed by atoms with van der Waals surface area (Å²) in [6.45, 7) is 5.08. The van der Waals surface area contributed by atoms with Crippen LogP contribution < -0.4 is 10.6 Å². The van der Waals surface area contributed by atoms with E-state index in [1.807, 2.05) is 31.1 Å². The van der Waals surface area contributed by atoms with Crippen molar-refractivity contribution in [2.75, 3.05) is 38.7 Å². The number of allylic oxidation sites excluding steroid dienone is 4. The fraction of sp³-hybridized carbons (Fsp3) is 0.806. The number of nitrogens with one attached hydrogen (secondary N) is 2. The van der Waals surface area contributed by atoms with Gasteiger partial charge in [-0.3, -0.25) is 9.59 Å². The van der Waals surface area contributed by atoms with Crippen molar-refractivity contribution >= 4 is 33.3 Å². The van der Waals surface area contributed by atoms with Crippen molar-refractivity contribution in [2.45, 2.75) is 103 Å². The maximum Gasteiger partial charge on any atom is 0.224 e. The molecule has 0 radical (unpaired) electrons. The van der Waals surface area contributed by atoms with Crippen LogP contribution in [0.5, 0.6) is 0 Å². The third-order valence-corrected chi connectivity index (χ3v) is 10.1. The van der Waals surface area contributed by atoms with Gasteiger partial charge in [0.25, 0.3) is 0 Å². The van der Waals surface area contributed by atoms with E-state index in [2.05, 4.69) is 24.5 Å². The summed E-state index contributed by atoms with van der Waals surface area (Å²) in [5.41, 5.74) is 1.03. The van der Waals surface area contributed by atoms with E-state index < -0.39 is 15.8 Å². The highest BCUT2D eigenvalue weighted by Crippen LogP contribution is 2.29. The van der Waals surface area contributed by atoms with Crippen molar-refractivity contribution < 1.29 is 18.0 Å². The van der Waals surface area contributed by atoms with E-state index in [0.717, 1.165) is 42.7 Å². The molecule has 0 spiro atoms. The second-order valence-electron chi connectivity index (χ2n) is 12.6. The Morgan fingerprint density at radius 2 is 1.80 bits per heavy atom. The summed E-state index contributed by atoms with van der Waals surface area (Å²) in [4.78, 5) is 27.9. The molecule has 2 N–H and O–H groups in total. The van der Waals surface area contributed by atoms with Crippen molar-refractivity contribution in [3.63, 3.8) is 0 Å². The Kier molecular flexibility index (Phi) is 15.9. The smallest absolute Gasteiger partial charge is 0.224 e. The quantitative estimate of drug-likeness (QED) is 0.214. The zero-order valence-electron chi connectivity index (χ0n) is 25.4. The molecule has 2 amide bonds. The molecule has 7 nitrogen and oxygen atoms in total. The Labute approximate surface area is 248 Å². The van der Waals surface area contributed by atoms with Gasteiger partial charge in [0.05, 0.1) is 17.4 Å². The monoisotopic (exact) mass is 599 g/mol. The molecule has 2 aliphatic rings. The number of nitrogens with zero attached hydrogens (tertiary/aromatic N) is 1. The molecule has 230 valence electrons. The number of carbonyl (C=O) groups is 2. The van der Waals surface area contributed by atoms with Gasteiger partial charge in [-0.1, -0.05) is 82.0 Å². The molecule has 0 aromatic heterocycles. The lowest BCUT2D eigenvalue weighted by molar-refractivity contribution is -0.124. The predicted molar refractivity (Wildman–Crippen MR) is 166 cm³/mol. The van der Waals surface area contributed by atoms with Crippen LogP contribution in [0.3, 0.4) is 0 Å². The van der Waals surface area contributed by atoms with Crippen LogP contribution in [0.25, 0.3) is 0 Å². The number of rotatable bonds is 18. The van der Waals surface area contributed by atoms with Crippen molar-refractivity contribution in [3.05, 3.63) is 22.8 Å². The molecule has 0 aromatic rings. The van der Waals surface area contributed by atoms with E-state index in [1.54, 1.807) is 0 Å². The van der Waals surface area contributed by atoms with Gasteiger partial charge in [-0.2, -0.15) is 0 Å². The first kappa shape index (κ1) is 34.8. The molecule has 0 aromatic carbocycles. The molecule has 1 fully saturated rings. The Balaban J connectivity index is 1.93. The van der Waals surface area contributed by atoms with E-state index in [-0.39, 0.29) is 42.3 Å². The van der Waals surface area contributed by atoms with E-state index in [1.165, 1.54) is 32.1 Å². The number of amides is 2. The van der Waals surface area contributed by atoms with Gasteiger partial charge in [-0.05, 0) is 64.1 Å². The third-order valence-electron chi connectivity index (χ3n) is 8.06. The maximum absolute atomic E-state index is 13.2. The average Bonchev–Trinajstić information content (AvgIpc) is 2.88. The van der Waals surface area contributed by atoms with Gasteiger partial charge >= 0.3 is 0 Å². The summed E-state index contributed by atoms with van der Waals surface area (Å²) in [5, 5.41) is 6.89. The summed E-state index contributed by atoms with van der Waals surface area (Å²) in [6, 6.07) is 0.178. The lowest BCUT2D eigenvalue weighted by atomic mass is 9.83. The first-order valence-electron chi connectivity index (χ1n) is 15.4. The lowest BCUT2D eigenvalue weighted by Gasteiger charge is -2.27. The molecule has 40 heavy (non-hydrogen) atoms. The van der Waals surface area contributed by atoms with Gasteiger partial charge in [-0.15, -0.1) is 0 Å². The molecule has 0 heterocycles. The van der Waals surface area contributed by atoms with E-state index in [0.29, 0.717) is 31.2 Å². The summed E-state index contributed by atoms with van der Waals surface area (Å²) in [6.07, 6.45) is 16.4. The van der Waals surface area contributed by atoms with Crippen LogP contribution in [0.2, 0.25) is 0 Å². The summed E-state index contributed by atoms with van der Waals surface area (Å²) >= 11 is 6.09. The van der Waals surface area contributed by atoms with Gasteiger partial charge in [0.15, 0.2) is 9.84 Å². The predicted octanol–water partition coefficient (Wildman–Crippen LogP) is 5.60. The topological polar surface area (TPSA) is 95.6 Å². The molecule has 1 saturated carbocycles. The van der Waals surface area contributed by atoms with Gasteiger partial charge in [-0.25, -0.2) is 8.42 Å². The molecule has 2 aliphatic carbocycles. The number of carbonyl (C=O) groups excluding carboxylic acids is 2. The standard InChI is InChI=1S/C31H54ClN3O4S/c1-24(2)9-8-12-29(22-25-10-6-5-7-11-25)34-30(36)17-18-33-31(37)27(21-26-13-15-28(32)16-14-26)23-40(38,39)20-19-35(3)4/h13,15,24-25,27,29H,5-12,14,16-23H2,1-4H3,(H,33,37)(H,34,36)/t27-,29-/m1/s1. The Morgan fingerprint density at radius 3 is 2.42 bits per heavy atom. The molecule has 0 saturated heterocycles. The maximum atomic E-state index is 13.2. The van der Waals surface area contributed by atoms with Crippen LogP contribution in [0, 0.1) is 17.8 Å². The van der Waals surface area contributed by atoms with Gasteiger partial charge in [0.2, 0.25) is 11.8 Å². The van der Waals surface area contributed by atoms with Crippen LogP contribution in [0.4, 0.5) is 0 Å². The van der Waals surface area contributed by atoms with E-state index in [4.69, 9.17) is 11.6 Å². The second-order valence-corrected chi connectivity index (χ2v) is 15.3. The lowest BCUT2D eigenvalue weighted by Crippen LogP contribution is -2.40. The molecule has 0 unspecified atom stereocenters. The molecular weight excluding hydrogens is 546 g/mol. The molecular formula is C31H54ClN3O4S. The van der Waals surface area contributed by atoms with Crippen LogP contribution in [-0.2, 0) is 19.4 Å². The molecule has 9 heteroatoms. The normalized spacial score (nSPS) is 18.3. The first-order chi connectivity index (χ1) is 18.9. The van der Waals surface area contributed by atoms with Crippen LogP contribution in [0.1, 0.15) is 97.3 Å². The Morgan fingerprint density at radius 1 is 1.07 bits per heavy atom. The van der Waals surface area contributed by atoms with Gasteiger partial charge < -0.3 is 15.5 Å². The highest BCUT2D eigenvalue weighted by atomic mass is 35.5. The highest BCUT2D eigenvalue weighted by molar-refractivity contribution is 7.91. The van der Waals surface area contributed by atoms with Gasteiger partial charge in [0.1, 0.15) is 0 Å². The van der Waals surface area contributed by atoms with Crippen molar-refractivity contribution in [2.24, 2.45) is 17.8 Å². The van der Waals surface area contributed by atoms with Crippen LogP contribution in [-0.4, -0.2) is 69.9 Å². The minimum Gasteiger partial charge on any atom is -0.355 e. The van der Waals surface area contributed by atoms with E-state index in [9.17, 15) is 18.0 Å². The minimum atomic E-state index is -3.42. The zero-order chi connectivity index (χ0) is 29.5. The average molecular weight is 600 g/mol. The van der Waals surface area contributed by atoms with Crippen molar-refractivity contribution in [3.8, 4) is 0 Å². The van der Waals surface area contributed by atoms with Crippen LogP contribution in [0.15, 0.2) is 22.8 Å². The third kappa shape index (κ3) is 15.0. The summed E-state index contributed by atoms with van der Waals surface area (Å²) in [7, 11) is 0.243. The zero-order valence-corrected chi connectivity index (χ0v) is 26.9. The fourth-order valence-electron chi connectivity index (χ4n) is 5.67. The molecule has 2 atom stereocenters. The first-order valence-corrected chi connectivity index (χ1v) is 17.6. The number of sulfone groups is 1. The largest absolute Gasteiger partial charge is 0.355 e. The number of halogens is 1. The molecule has 0 aliphatic heterocycles. The van der Waals surface area contributed by atoms with Gasteiger partial charge in [0, 0.05) is 30.6 Å². The van der Waals surface area contributed by atoms with Crippen molar-refractivity contribution in [1.29, 1.82) is 0 Å². The highest BCUT2D eigenvalue weighted by Gasteiger charge is 2.27. The minimum absolute atomic E-state index is 0.0101. The number of hydrogen-bond acceptors (Lipinski definition) is 5. The number of hydrogen-bond donors (Lipinski definition) is 2. The van der Waals surface area contributed by atoms with E-state index >= 15 is 0 Å².